The quantitative estimate of drug-likeness (QED) is 0.771. The van der Waals surface area contributed by atoms with E-state index in [1.807, 2.05) is 0 Å². The molecular formula is C10H6BrNO2. The monoisotopic (exact) mass is 251 g/mol. The number of rotatable bonds is 2. The van der Waals surface area contributed by atoms with Crippen molar-refractivity contribution in [3.05, 3.63) is 52.7 Å². The van der Waals surface area contributed by atoms with Crippen LogP contribution in [-0.4, -0.2) is 10.8 Å². The second kappa shape index (κ2) is 3.75. The minimum Gasteiger partial charge on any atom is -0.472 e. The van der Waals surface area contributed by atoms with Crippen LogP contribution in [0, 0.1) is 0 Å². The third-order valence-corrected chi connectivity index (χ3v) is 2.40. The first-order valence-electron chi connectivity index (χ1n) is 3.96. The van der Waals surface area contributed by atoms with E-state index in [4.69, 9.17) is 4.42 Å². The van der Waals surface area contributed by atoms with Gasteiger partial charge in [-0.2, -0.15) is 0 Å². The summed E-state index contributed by atoms with van der Waals surface area (Å²) in [6.45, 7) is 0. The van der Waals surface area contributed by atoms with Gasteiger partial charge < -0.3 is 4.42 Å². The summed E-state index contributed by atoms with van der Waals surface area (Å²) in [4.78, 5) is 15.8. The molecule has 14 heavy (non-hydrogen) atoms. The molecule has 2 heterocycles. The molecule has 0 N–H and O–H groups in total. The molecule has 0 saturated heterocycles. The molecule has 70 valence electrons. The Morgan fingerprint density at radius 3 is 2.93 bits per heavy atom. The maximum absolute atomic E-state index is 11.8. The molecule has 2 rings (SSSR count). The fourth-order valence-corrected chi connectivity index (χ4v) is 1.52. The van der Waals surface area contributed by atoms with Crippen LogP contribution >= 0.6 is 15.9 Å². The SMILES string of the molecule is O=C(c1ccoc1)c1ncccc1Br. The summed E-state index contributed by atoms with van der Waals surface area (Å²) >= 11 is 3.27. The van der Waals surface area contributed by atoms with Crippen LogP contribution < -0.4 is 0 Å². The molecule has 0 spiro atoms. The van der Waals surface area contributed by atoms with E-state index >= 15 is 0 Å². The molecule has 0 aliphatic carbocycles. The highest BCUT2D eigenvalue weighted by atomic mass is 79.9. The first-order chi connectivity index (χ1) is 6.79. The van der Waals surface area contributed by atoms with Crippen LogP contribution in [-0.2, 0) is 0 Å². The molecule has 0 unspecified atom stereocenters. The van der Waals surface area contributed by atoms with Crippen LogP contribution in [0.4, 0.5) is 0 Å². The molecule has 2 aromatic rings. The van der Waals surface area contributed by atoms with Crippen molar-refractivity contribution in [1.29, 1.82) is 0 Å². The zero-order chi connectivity index (χ0) is 9.97. The van der Waals surface area contributed by atoms with Crippen LogP contribution in [0.1, 0.15) is 16.1 Å². The van der Waals surface area contributed by atoms with E-state index in [-0.39, 0.29) is 5.78 Å². The van der Waals surface area contributed by atoms with E-state index in [9.17, 15) is 4.79 Å². The van der Waals surface area contributed by atoms with Gasteiger partial charge in [-0.25, -0.2) is 0 Å². The molecule has 3 nitrogen and oxygen atoms in total. The van der Waals surface area contributed by atoms with Gasteiger partial charge in [0.15, 0.2) is 0 Å². The van der Waals surface area contributed by atoms with E-state index in [1.165, 1.54) is 12.5 Å². The number of nitrogens with zero attached hydrogens (tertiary/aromatic N) is 1. The summed E-state index contributed by atoms with van der Waals surface area (Å²) in [6.07, 6.45) is 4.45. The van der Waals surface area contributed by atoms with Crippen molar-refractivity contribution in [3.8, 4) is 0 Å². The summed E-state index contributed by atoms with van der Waals surface area (Å²) in [7, 11) is 0. The number of carbonyl (C=O) groups is 1. The lowest BCUT2D eigenvalue weighted by Crippen LogP contribution is -2.03. The van der Waals surface area contributed by atoms with Crippen LogP contribution in [0.15, 0.2) is 45.8 Å². The first-order valence-corrected chi connectivity index (χ1v) is 4.76. The number of pyridine rings is 1. The largest absolute Gasteiger partial charge is 0.472 e. The molecular weight excluding hydrogens is 246 g/mol. The summed E-state index contributed by atoms with van der Waals surface area (Å²) in [6, 6.07) is 5.15. The number of aromatic nitrogens is 1. The van der Waals surface area contributed by atoms with Crippen molar-refractivity contribution in [2.75, 3.05) is 0 Å². The van der Waals surface area contributed by atoms with Gasteiger partial charge in [-0.3, -0.25) is 9.78 Å². The van der Waals surface area contributed by atoms with Gasteiger partial charge in [0.25, 0.3) is 0 Å². The molecule has 0 saturated carbocycles. The molecule has 2 aromatic heterocycles. The van der Waals surface area contributed by atoms with Crippen molar-refractivity contribution in [3.63, 3.8) is 0 Å². The van der Waals surface area contributed by atoms with Crippen molar-refractivity contribution >= 4 is 21.7 Å². The summed E-state index contributed by atoms with van der Waals surface area (Å²) < 4.78 is 5.52. The van der Waals surface area contributed by atoms with Crippen LogP contribution in [0.2, 0.25) is 0 Å². The Balaban J connectivity index is 2.42. The minimum absolute atomic E-state index is 0.147. The zero-order valence-corrected chi connectivity index (χ0v) is 8.69. The summed E-state index contributed by atoms with van der Waals surface area (Å²) in [5, 5.41) is 0. The van der Waals surface area contributed by atoms with E-state index in [2.05, 4.69) is 20.9 Å². The van der Waals surface area contributed by atoms with E-state index in [0.29, 0.717) is 15.7 Å². The van der Waals surface area contributed by atoms with Crippen molar-refractivity contribution in [1.82, 2.24) is 4.98 Å². The Kier molecular flexibility index (Phi) is 2.45. The predicted molar refractivity (Wildman–Crippen MR) is 54.1 cm³/mol. The second-order valence-corrected chi connectivity index (χ2v) is 3.53. The highest BCUT2D eigenvalue weighted by molar-refractivity contribution is 9.10. The maximum Gasteiger partial charge on any atom is 0.215 e. The predicted octanol–water partition coefficient (Wildman–Crippen LogP) is 2.67. The molecule has 0 fully saturated rings. The topological polar surface area (TPSA) is 43.1 Å². The number of hydrogen-bond acceptors (Lipinski definition) is 3. The second-order valence-electron chi connectivity index (χ2n) is 2.67. The fraction of sp³-hybridized carbons (Fsp3) is 0. The Bertz CT molecular complexity index is 451. The molecule has 0 aliphatic heterocycles. The first kappa shape index (κ1) is 9.15. The standard InChI is InChI=1S/C10H6BrNO2/c11-8-2-1-4-12-9(8)10(13)7-3-5-14-6-7/h1-6H. The zero-order valence-electron chi connectivity index (χ0n) is 7.11. The Morgan fingerprint density at radius 2 is 2.29 bits per heavy atom. The van der Waals surface area contributed by atoms with Gasteiger partial charge in [0.05, 0.1) is 11.8 Å². The van der Waals surface area contributed by atoms with Gasteiger partial charge in [0.1, 0.15) is 12.0 Å². The molecule has 0 radical (unpaired) electrons. The number of hydrogen-bond donors (Lipinski definition) is 0. The number of halogens is 1. The molecule has 0 amide bonds. The van der Waals surface area contributed by atoms with Crippen LogP contribution in [0.3, 0.4) is 0 Å². The molecule has 0 aliphatic rings. The average molecular weight is 252 g/mol. The number of carbonyl (C=O) groups excluding carboxylic acids is 1. The normalized spacial score (nSPS) is 10.1. The molecule has 0 bridgehead atoms. The molecule has 0 aromatic carbocycles. The van der Waals surface area contributed by atoms with Gasteiger partial charge in [-0.1, -0.05) is 0 Å². The number of furan rings is 1. The Labute approximate surface area is 88.9 Å². The van der Waals surface area contributed by atoms with Gasteiger partial charge in [-0.15, -0.1) is 0 Å². The third kappa shape index (κ3) is 1.61. The van der Waals surface area contributed by atoms with Crippen molar-refractivity contribution in [2.24, 2.45) is 0 Å². The smallest absolute Gasteiger partial charge is 0.215 e. The van der Waals surface area contributed by atoms with Gasteiger partial charge >= 0.3 is 0 Å². The number of ketones is 1. The van der Waals surface area contributed by atoms with Crippen molar-refractivity contribution < 1.29 is 9.21 Å². The Hall–Kier alpha value is -1.42. The highest BCUT2D eigenvalue weighted by Gasteiger charge is 2.14. The lowest BCUT2D eigenvalue weighted by Gasteiger charge is -1.98. The molecule has 4 heteroatoms. The van der Waals surface area contributed by atoms with Gasteiger partial charge in [0.2, 0.25) is 5.78 Å². The summed E-state index contributed by atoms with van der Waals surface area (Å²) in [5.74, 6) is -0.147. The maximum atomic E-state index is 11.8. The lowest BCUT2D eigenvalue weighted by atomic mass is 10.1. The fourth-order valence-electron chi connectivity index (χ4n) is 1.08. The van der Waals surface area contributed by atoms with Crippen molar-refractivity contribution in [2.45, 2.75) is 0 Å². The van der Waals surface area contributed by atoms with E-state index in [1.54, 1.807) is 24.4 Å². The Morgan fingerprint density at radius 1 is 1.43 bits per heavy atom. The van der Waals surface area contributed by atoms with Gasteiger partial charge in [-0.05, 0) is 34.1 Å². The lowest BCUT2D eigenvalue weighted by molar-refractivity contribution is 0.103. The average Bonchev–Trinajstić information content (AvgIpc) is 2.70. The molecule has 0 atom stereocenters. The van der Waals surface area contributed by atoms with E-state index in [0.717, 1.165) is 0 Å². The van der Waals surface area contributed by atoms with Gasteiger partial charge in [0, 0.05) is 10.7 Å². The third-order valence-electron chi connectivity index (χ3n) is 1.76. The van der Waals surface area contributed by atoms with Crippen LogP contribution in [0.5, 0.6) is 0 Å². The van der Waals surface area contributed by atoms with Crippen LogP contribution in [0.25, 0.3) is 0 Å². The highest BCUT2D eigenvalue weighted by Crippen LogP contribution is 2.17. The van der Waals surface area contributed by atoms with E-state index < -0.39 is 0 Å². The summed E-state index contributed by atoms with van der Waals surface area (Å²) in [5.41, 5.74) is 0.901. The minimum atomic E-state index is -0.147.